The number of aryl methyl sites for hydroxylation is 1. The Hall–Kier alpha value is -4.18. The predicted molar refractivity (Wildman–Crippen MR) is 129 cm³/mol. The van der Waals surface area contributed by atoms with Gasteiger partial charge in [-0.2, -0.15) is 0 Å². The van der Waals surface area contributed by atoms with E-state index in [4.69, 9.17) is 4.74 Å². The topological polar surface area (TPSA) is 55.0 Å². The van der Waals surface area contributed by atoms with Crippen molar-refractivity contribution in [3.8, 4) is 28.1 Å². The molecule has 2 aromatic heterocycles. The lowest BCUT2D eigenvalue weighted by Gasteiger charge is -2.13. The van der Waals surface area contributed by atoms with Crippen molar-refractivity contribution in [3.63, 3.8) is 0 Å². The maximum Gasteiger partial charge on any atom is 0.248 e. The summed E-state index contributed by atoms with van der Waals surface area (Å²) in [4.78, 5) is 19.7. The van der Waals surface area contributed by atoms with E-state index in [-0.39, 0.29) is 5.56 Å². The third kappa shape index (κ3) is 4.03. The van der Waals surface area contributed by atoms with E-state index < -0.39 is 0 Å². The van der Waals surface area contributed by atoms with E-state index in [0.29, 0.717) is 6.61 Å². The largest absolute Gasteiger partial charge is 0.487 e. The number of aromatic nitrogens is 2. The number of ether oxygens (including phenoxy) is 1. The summed E-state index contributed by atoms with van der Waals surface area (Å²) >= 11 is 0. The Balaban J connectivity index is 1.39. The summed E-state index contributed by atoms with van der Waals surface area (Å²) in [5, 5.41) is 1.12. The van der Waals surface area contributed by atoms with Gasteiger partial charge in [-0.15, -0.1) is 0 Å². The summed E-state index contributed by atoms with van der Waals surface area (Å²) in [5.41, 5.74) is 6.67. The van der Waals surface area contributed by atoms with Crippen molar-refractivity contribution in [2.24, 2.45) is 0 Å². The van der Waals surface area contributed by atoms with Crippen molar-refractivity contribution < 1.29 is 4.74 Å². The lowest BCUT2D eigenvalue weighted by Crippen LogP contribution is -2.06. The lowest BCUT2D eigenvalue weighted by molar-refractivity contribution is 0.302. The molecule has 4 nitrogen and oxygen atoms in total. The monoisotopic (exact) mass is 418 g/mol. The average Bonchev–Trinajstić information content (AvgIpc) is 2.83. The standard InChI is InChI=1S/C28H22N2O2/c1-19-6-2-4-8-24(19)28-25(16-17-27(31)30-28)20-11-14-23(15-12-20)32-18-22-13-10-21-7-3-5-9-26(21)29-22/h2-17H,18H2,1H3,(H,30,31). The number of benzene rings is 3. The van der Waals surface area contributed by atoms with Gasteiger partial charge in [-0.05, 0) is 48.4 Å². The van der Waals surface area contributed by atoms with Crippen LogP contribution in [-0.4, -0.2) is 9.97 Å². The first-order valence-corrected chi connectivity index (χ1v) is 10.5. The van der Waals surface area contributed by atoms with Crippen LogP contribution in [0, 0.1) is 6.92 Å². The van der Waals surface area contributed by atoms with Gasteiger partial charge in [0.15, 0.2) is 0 Å². The van der Waals surface area contributed by atoms with Gasteiger partial charge in [-0.1, -0.05) is 60.7 Å². The van der Waals surface area contributed by atoms with E-state index in [9.17, 15) is 4.79 Å². The normalized spacial score (nSPS) is 10.9. The molecule has 0 aliphatic rings. The smallest absolute Gasteiger partial charge is 0.248 e. The fraction of sp³-hybridized carbons (Fsp3) is 0.0714. The Morgan fingerprint density at radius 1 is 0.781 bits per heavy atom. The van der Waals surface area contributed by atoms with Crippen LogP contribution in [0.15, 0.2) is 102 Å². The zero-order valence-corrected chi connectivity index (χ0v) is 17.7. The summed E-state index contributed by atoms with van der Waals surface area (Å²) in [6, 6.07) is 31.5. The quantitative estimate of drug-likeness (QED) is 0.373. The van der Waals surface area contributed by atoms with E-state index in [2.05, 4.69) is 16.0 Å². The fourth-order valence-corrected chi connectivity index (χ4v) is 3.86. The van der Waals surface area contributed by atoms with E-state index in [0.717, 1.165) is 50.3 Å². The number of aromatic amines is 1. The molecular weight excluding hydrogens is 396 g/mol. The molecule has 32 heavy (non-hydrogen) atoms. The number of rotatable bonds is 5. The maximum absolute atomic E-state index is 12.0. The van der Waals surface area contributed by atoms with Gasteiger partial charge in [0, 0.05) is 22.6 Å². The minimum Gasteiger partial charge on any atom is -0.487 e. The lowest BCUT2D eigenvalue weighted by atomic mass is 9.97. The molecule has 2 heterocycles. The average molecular weight is 418 g/mol. The fourth-order valence-electron chi connectivity index (χ4n) is 3.86. The number of hydrogen-bond donors (Lipinski definition) is 1. The Bertz CT molecular complexity index is 1450. The summed E-state index contributed by atoms with van der Waals surface area (Å²) in [6.07, 6.45) is 0. The minimum absolute atomic E-state index is 0.116. The van der Waals surface area contributed by atoms with Gasteiger partial charge in [-0.3, -0.25) is 4.79 Å². The first-order valence-electron chi connectivity index (χ1n) is 10.5. The van der Waals surface area contributed by atoms with Gasteiger partial charge in [0.05, 0.1) is 16.9 Å². The van der Waals surface area contributed by atoms with Gasteiger partial charge in [0.25, 0.3) is 0 Å². The van der Waals surface area contributed by atoms with Crippen LogP contribution in [0.2, 0.25) is 0 Å². The molecule has 0 saturated carbocycles. The Labute approximate surface area is 186 Å². The summed E-state index contributed by atoms with van der Waals surface area (Å²) in [6.45, 7) is 2.44. The van der Waals surface area contributed by atoms with Crippen molar-refractivity contribution >= 4 is 10.9 Å². The molecule has 4 heteroatoms. The van der Waals surface area contributed by atoms with Crippen molar-refractivity contribution in [1.29, 1.82) is 0 Å². The molecular formula is C28H22N2O2. The molecule has 0 atom stereocenters. The van der Waals surface area contributed by atoms with Crippen LogP contribution in [0.3, 0.4) is 0 Å². The van der Waals surface area contributed by atoms with Crippen LogP contribution in [0.5, 0.6) is 5.75 Å². The Morgan fingerprint density at radius 2 is 1.56 bits per heavy atom. The molecule has 0 bridgehead atoms. The number of para-hydroxylation sites is 1. The molecule has 0 radical (unpaired) electrons. The molecule has 0 saturated heterocycles. The second-order valence-corrected chi connectivity index (χ2v) is 7.73. The highest BCUT2D eigenvalue weighted by Gasteiger charge is 2.11. The van der Waals surface area contributed by atoms with Crippen LogP contribution in [0.25, 0.3) is 33.3 Å². The van der Waals surface area contributed by atoms with Crippen LogP contribution in [0.4, 0.5) is 0 Å². The van der Waals surface area contributed by atoms with Crippen molar-refractivity contribution in [3.05, 3.63) is 119 Å². The first-order chi connectivity index (χ1) is 15.7. The second-order valence-electron chi connectivity index (χ2n) is 7.73. The van der Waals surface area contributed by atoms with Crippen LogP contribution < -0.4 is 10.3 Å². The van der Waals surface area contributed by atoms with Crippen molar-refractivity contribution in [2.75, 3.05) is 0 Å². The van der Waals surface area contributed by atoms with Gasteiger partial charge in [0.2, 0.25) is 5.56 Å². The second kappa shape index (κ2) is 8.52. The SMILES string of the molecule is Cc1ccccc1-c1[nH]c(=O)ccc1-c1ccc(OCc2ccc3ccccc3n2)cc1. The molecule has 0 spiro atoms. The van der Waals surface area contributed by atoms with Gasteiger partial charge in [0.1, 0.15) is 12.4 Å². The molecule has 0 aliphatic carbocycles. The summed E-state index contributed by atoms with van der Waals surface area (Å²) < 4.78 is 5.96. The zero-order chi connectivity index (χ0) is 21.9. The molecule has 5 aromatic rings. The molecule has 1 N–H and O–H groups in total. The number of H-pyrrole nitrogens is 1. The third-order valence-electron chi connectivity index (χ3n) is 5.54. The van der Waals surface area contributed by atoms with Gasteiger partial charge < -0.3 is 9.72 Å². The number of nitrogens with zero attached hydrogens (tertiary/aromatic N) is 1. The van der Waals surface area contributed by atoms with E-state index in [1.807, 2.05) is 91.9 Å². The maximum atomic E-state index is 12.0. The molecule has 0 fully saturated rings. The van der Waals surface area contributed by atoms with Crippen LogP contribution in [0.1, 0.15) is 11.3 Å². The Morgan fingerprint density at radius 3 is 2.41 bits per heavy atom. The summed E-state index contributed by atoms with van der Waals surface area (Å²) in [5.74, 6) is 0.769. The van der Waals surface area contributed by atoms with Gasteiger partial charge >= 0.3 is 0 Å². The van der Waals surface area contributed by atoms with E-state index in [1.165, 1.54) is 0 Å². The highest BCUT2D eigenvalue weighted by molar-refractivity contribution is 5.82. The number of fused-ring (bicyclic) bond motifs is 1. The number of nitrogens with one attached hydrogen (secondary N) is 1. The van der Waals surface area contributed by atoms with Crippen LogP contribution in [-0.2, 0) is 6.61 Å². The van der Waals surface area contributed by atoms with Gasteiger partial charge in [-0.25, -0.2) is 4.98 Å². The highest BCUT2D eigenvalue weighted by atomic mass is 16.5. The number of hydrogen-bond acceptors (Lipinski definition) is 3. The Kier molecular flexibility index (Phi) is 5.26. The van der Waals surface area contributed by atoms with Crippen molar-refractivity contribution in [2.45, 2.75) is 13.5 Å². The first kappa shape index (κ1) is 19.8. The predicted octanol–water partition coefficient (Wildman–Crippen LogP) is 6.14. The van der Waals surface area contributed by atoms with E-state index >= 15 is 0 Å². The molecule has 0 amide bonds. The van der Waals surface area contributed by atoms with Crippen molar-refractivity contribution in [1.82, 2.24) is 9.97 Å². The molecule has 0 aliphatic heterocycles. The third-order valence-corrected chi connectivity index (χ3v) is 5.54. The highest BCUT2D eigenvalue weighted by Crippen LogP contribution is 2.32. The molecule has 5 rings (SSSR count). The molecule has 156 valence electrons. The molecule has 0 unspecified atom stereocenters. The molecule has 3 aromatic carbocycles. The van der Waals surface area contributed by atoms with E-state index in [1.54, 1.807) is 6.07 Å². The zero-order valence-electron chi connectivity index (χ0n) is 17.7. The minimum atomic E-state index is -0.116. The van der Waals surface area contributed by atoms with Crippen LogP contribution >= 0.6 is 0 Å². The summed E-state index contributed by atoms with van der Waals surface area (Å²) in [7, 11) is 0. The number of pyridine rings is 2.